The molecular weight excluding hydrogens is 250 g/mol. The Morgan fingerprint density at radius 1 is 0.950 bits per heavy atom. The van der Waals surface area contributed by atoms with E-state index in [9.17, 15) is 0 Å². The monoisotopic (exact) mass is 279 g/mol. The van der Waals surface area contributed by atoms with Crippen molar-refractivity contribution in [2.45, 2.75) is 27.7 Å². The molecule has 3 nitrogen and oxygen atoms in total. The van der Waals surface area contributed by atoms with Crippen molar-refractivity contribution in [3.63, 3.8) is 0 Å². The van der Waals surface area contributed by atoms with E-state index in [-0.39, 0.29) is 0 Å². The number of rotatable bonds is 9. The molecule has 0 saturated carbocycles. The van der Waals surface area contributed by atoms with Gasteiger partial charge in [-0.1, -0.05) is 27.7 Å². The molecule has 20 heavy (non-hydrogen) atoms. The van der Waals surface area contributed by atoms with Gasteiger partial charge in [0, 0.05) is 6.54 Å². The zero-order valence-corrected chi connectivity index (χ0v) is 13.5. The molecule has 0 amide bonds. The Morgan fingerprint density at radius 2 is 1.50 bits per heavy atom. The van der Waals surface area contributed by atoms with E-state index in [0.717, 1.165) is 30.5 Å². The summed E-state index contributed by atoms with van der Waals surface area (Å²) in [5.74, 6) is 3.88. The van der Waals surface area contributed by atoms with Gasteiger partial charge in [-0.2, -0.15) is 0 Å². The molecule has 114 valence electrons. The zero-order chi connectivity index (χ0) is 15.0. The summed E-state index contributed by atoms with van der Waals surface area (Å²) < 4.78 is 10.8. The van der Waals surface area contributed by atoms with Gasteiger partial charge in [0.05, 0.1) is 7.11 Å². The smallest absolute Gasteiger partial charge is 0.119 e. The lowest BCUT2D eigenvalue weighted by Crippen LogP contribution is -2.32. The van der Waals surface area contributed by atoms with Crippen LogP contribution in [0.4, 0.5) is 0 Å². The predicted octanol–water partition coefficient (Wildman–Crippen LogP) is 3.59. The number of nitrogens with one attached hydrogen (secondary N) is 1. The third kappa shape index (κ3) is 5.83. The number of ether oxygens (including phenoxy) is 2. The van der Waals surface area contributed by atoms with Crippen LogP contribution in [-0.2, 0) is 0 Å². The highest BCUT2D eigenvalue weighted by Crippen LogP contribution is 2.19. The van der Waals surface area contributed by atoms with Crippen LogP contribution >= 0.6 is 0 Å². The second-order valence-corrected chi connectivity index (χ2v) is 5.88. The first-order valence-corrected chi connectivity index (χ1v) is 7.52. The molecule has 1 rings (SSSR count). The zero-order valence-electron chi connectivity index (χ0n) is 13.5. The number of hydrogen-bond acceptors (Lipinski definition) is 3. The minimum atomic E-state index is 0.690. The van der Waals surface area contributed by atoms with Gasteiger partial charge in [-0.25, -0.2) is 0 Å². The molecule has 1 N–H and O–H groups in total. The third-order valence-electron chi connectivity index (χ3n) is 3.70. The fourth-order valence-corrected chi connectivity index (χ4v) is 2.42. The maximum atomic E-state index is 5.69. The maximum Gasteiger partial charge on any atom is 0.119 e. The normalized spacial score (nSPS) is 11.4. The lowest BCUT2D eigenvalue weighted by atomic mass is 9.85. The first-order chi connectivity index (χ1) is 9.54. The fraction of sp³-hybridized carbons (Fsp3) is 0.647. The molecule has 0 aliphatic heterocycles. The van der Waals surface area contributed by atoms with Crippen molar-refractivity contribution in [1.29, 1.82) is 0 Å². The summed E-state index contributed by atoms with van der Waals surface area (Å²) in [7, 11) is 1.67. The van der Waals surface area contributed by atoms with Crippen LogP contribution in [0.2, 0.25) is 0 Å². The van der Waals surface area contributed by atoms with Crippen LogP contribution in [0.15, 0.2) is 24.3 Å². The Morgan fingerprint density at radius 3 is 2.00 bits per heavy atom. The molecule has 0 unspecified atom stereocenters. The molecule has 0 bridgehead atoms. The van der Waals surface area contributed by atoms with Gasteiger partial charge in [-0.05, 0) is 48.6 Å². The van der Waals surface area contributed by atoms with E-state index < -0.39 is 0 Å². The molecule has 0 fully saturated rings. The molecule has 0 radical (unpaired) electrons. The SMILES string of the molecule is COc1ccc(OCCNCC(C(C)C)C(C)C)cc1. The van der Waals surface area contributed by atoms with Crippen molar-refractivity contribution in [3.05, 3.63) is 24.3 Å². The van der Waals surface area contributed by atoms with E-state index >= 15 is 0 Å². The number of hydrogen-bond donors (Lipinski definition) is 1. The van der Waals surface area contributed by atoms with Crippen molar-refractivity contribution >= 4 is 0 Å². The van der Waals surface area contributed by atoms with Gasteiger partial charge in [0.25, 0.3) is 0 Å². The summed E-state index contributed by atoms with van der Waals surface area (Å²) in [4.78, 5) is 0. The summed E-state index contributed by atoms with van der Waals surface area (Å²) in [6, 6.07) is 7.69. The van der Waals surface area contributed by atoms with Gasteiger partial charge in [0.15, 0.2) is 0 Å². The average Bonchev–Trinajstić information content (AvgIpc) is 2.42. The quantitative estimate of drug-likeness (QED) is 0.701. The highest BCUT2D eigenvalue weighted by Gasteiger charge is 2.16. The predicted molar refractivity (Wildman–Crippen MR) is 84.5 cm³/mol. The van der Waals surface area contributed by atoms with Crippen LogP contribution in [0.3, 0.4) is 0 Å². The topological polar surface area (TPSA) is 30.5 Å². The first kappa shape index (κ1) is 16.8. The van der Waals surface area contributed by atoms with E-state index in [2.05, 4.69) is 33.0 Å². The van der Waals surface area contributed by atoms with Gasteiger partial charge in [0.1, 0.15) is 18.1 Å². The largest absolute Gasteiger partial charge is 0.497 e. The Bertz CT molecular complexity index is 352. The fourth-order valence-electron chi connectivity index (χ4n) is 2.42. The van der Waals surface area contributed by atoms with E-state index in [1.165, 1.54) is 0 Å². The van der Waals surface area contributed by atoms with Gasteiger partial charge < -0.3 is 14.8 Å². The molecule has 0 aliphatic rings. The minimum absolute atomic E-state index is 0.690. The molecule has 1 aromatic carbocycles. The first-order valence-electron chi connectivity index (χ1n) is 7.52. The Kier molecular flexibility index (Phi) is 7.45. The molecule has 0 heterocycles. The highest BCUT2D eigenvalue weighted by atomic mass is 16.5. The standard InChI is InChI=1S/C17H29NO2/c1-13(2)17(14(3)4)12-18-10-11-20-16-8-6-15(19-5)7-9-16/h6-9,13-14,17-18H,10-12H2,1-5H3. The molecule has 0 atom stereocenters. The van der Waals surface area contributed by atoms with E-state index in [4.69, 9.17) is 9.47 Å². The lowest BCUT2D eigenvalue weighted by molar-refractivity contribution is 0.259. The van der Waals surface area contributed by atoms with Crippen molar-refractivity contribution in [3.8, 4) is 11.5 Å². The Hall–Kier alpha value is -1.22. The van der Waals surface area contributed by atoms with Crippen LogP contribution < -0.4 is 14.8 Å². The van der Waals surface area contributed by atoms with Crippen molar-refractivity contribution in [1.82, 2.24) is 5.32 Å². The lowest BCUT2D eigenvalue weighted by Gasteiger charge is -2.25. The molecule has 0 saturated heterocycles. The second-order valence-electron chi connectivity index (χ2n) is 5.88. The van der Waals surface area contributed by atoms with Crippen LogP contribution in [-0.4, -0.2) is 26.8 Å². The van der Waals surface area contributed by atoms with Gasteiger partial charge >= 0.3 is 0 Å². The van der Waals surface area contributed by atoms with E-state index in [1.807, 2.05) is 24.3 Å². The van der Waals surface area contributed by atoms with Crippen LogP contribution in [0, 0.1) is 17.8 Å². The molecule has 3 heteroatoms. The van der Waals surface area contributed by atoms with Gasteiger partial charge in [-0.15, -0.1) is 0 Å². The maximum absolute atomic E-state index is 5.69. The average molecular weight is 279 g/mol. The minimum Gasteiger partial charge on any atom is -0.497 e. The molecular formula is C17H29NO2. The van der Waals surface area contributed by atoms with Gasteiger partial charge in [0.2, 0.25) is 0 Å². The Labute approximate surface area is 123 Å². The van der Waals surface area contributed by atoms with E-state index in [0.29, 0.717) is 18.4 Å². The summed E-state index contributed by atoms with van der Waals surface area (Å²) in [6.45, 7) is 11.8. The second kappa shape index (κ2) is 8.85. The highest BCUT2D eigenvalue weighted by molar-refractivity contribution is 5.31. The van der Waals surface area contributed by atoms with E-state index in [1.54, 1.807) is 7.11 Å². The number of methoxy groups -OCH3 is 1. The van der Waals surface area contributed by atoms with Crippen LogP contribution in [0.5, 0.6) is 11.5 Å². The van der Waals surface area contributed by atoms with Crippen LogP contribution in [0.1, 0.15) is 27.7 Å². The molecule has 0 aromatic heterocycles. The third-order valence-corrected chi connectivity index (χ3v) is 3.70. The summed E-state index contributed by atoms with van der Waals surface area (Å²) in [5, 5.41) is 3.49. The van der Waals surface area contributed by atoms with Crippen molar-refractivity contribution in [2.24, 2.45) is 17.8 Å². The number of benzene rings is 1. The summed E-state index contributed by atoms with van der Waals surface area (Å²) in [5.41, 5.74) is 0. The molecule has 0 spiro atoms. The summed E-state index contributed by atoms with van der Waals surface area (Å²) in [6.07, 6.45) is 0. The van der Waals surface area contributed by atoms with Crippen molar-refractivity contribution < 1.29 is 9.47 Å². The van der Waals surface area contributed by atoms with Crippen molar-refractivity contribution in [2.75, 3.05) is 26.8 Å². The molecule has 0 aliphatic carbocycles. The Balaban J connectivity index is 2.21. The summed E-state index contributed by atoms with van der Waals surface area (Å²) >= 11 is 0. The van der Waals surface area contributed by atoms with Gasteiger partial charge in [-0.3, -0.25) is 0 Å². The molecule has 1 aromatic rings. The van der Waals surface area contributed by atoms with Crippen LogP contribution in [0.25, 0.3) is 0 Å².